The van der Waals surface area contributed by atoms with Crippen molar-refractivity contribution in [1.82, 2.24) is 14.9 Å². The molecule has 1 atom stereocenters. The van der Waals surface area contributed by atoms with Crippen LogP contribution in [0.25, 0.3) is 11.0 Å². The Bertz CT molecular complexity index is 1150. The standard InChI is InChI=1S/C30H40ClN3O3/c1-4-36-30(35)21(2)14-17-34-18-15-23(16-19-34)6-5-7-24-8-13-27-29(22(24)3)33-28(32-27)20-37-26-11-9-25(31)10-12-26/h8-13,21,23H,4-7,14-20H2,1-3H3,(H,32,33). The van der Waals surface area contributed by atoms with Crippen LogP contribution in [0.1, 0.15) is 62.9 Å². The summed E-state index contributed by atoms with van der Waals surface area (Å²) in [5, 5.41) is 0.696. The molecule has 37 heavy (non-hydrogen) atoms. The minimum absolute atomic E-state index is 0.0140. The van der Waals surface area contributed by atoms with Gasteiger partial charge in [0.1, 0.15) is 18.2 Å². The molecule has 1 aromatic heterocycles. The predicted octanol–water partition coefficient (Wildman–Crippen LogP) is 6.73. The number of hydrogen-bond acceptors (Lipinski definition) is 5. The third-order valence-electron chi connectivity index (χ3n) is 7.59. The van der Waals surface area contributed by atoms with Gasteiger partial charge in [0.25, 0.3) is 0 Å². The number of rotatable bonds is 12. The highest BCUT2D eigenvalue weighted by molar-refractivity contribution is 6.30. The molecule has 2 aromatic carbocycles. The molecule has 0 aliphatic carbocycles. The first-order chi connectivity index (χ1) is 17.9. The Balaban J connectivity index is 1.20. The molecule has 6 nitrogen and oxygen atoms in total. The van der Waals surface area contributed by atoms with Gasteiger partial charge < -0.3 is 19.4 Å². The van der Waals surface area contributed by atoms with E-state index in [1.807, 2.05) is 38.1 Å². The molecule has 0 amide bonds. The minimum Gasteiger partial charge on any atom is -0.486 e. The van der Waals surface area contributed by atoms with Crippen molar-refractivity contribution in [3.8, 4) is 5.75 Å². The fourth-order valence-electron chi connectivity index (χ4n) is 5.19. The number of carbonyl (C=O) groups excluding carboxylic acids is 1. The van der Waals surface area contributed by atoms with Crippen LogP contribution in [0.2, 0.25) is 5.02 Å². The number of fused-ring (bicyclic) bond motifs is 1. The maximum absolute atomic E-state index is 11.8. The number of halogens is 1. The van der Waals surface area contributed by atoms with Gasteiger partial charge in [-0.25, -0.2) is 4.98 Å². The number of ether oxygens (including phenoxy) is 2. The summed E-state index contributed by atoms with van der Waals surface area (Å²) in [4.78, 5) is 22.6. The van der Waals surface area contributed by atoms with E-state index in [0.29, 0.717) is 18.2 Å². The topological polar surface area (TPSA) is 67.5 Å². The molecule has 1 fully saturated rings. The van der Waals surface area contributed by atoms with Gasteiger partial charge in [0.2, 0.25) is 0 Å². The van der Waals surface area contributed by atoms with Gasteiger partial charge in [0, 0.05) is 5.02 Å². The second-order valence-corrected chi connectivity index (χ2v) is 10.7. The number of likely N-dealkylation sites (tertiary alicyclic amines) is 1. The molecule has 7 heteroatoms. The van der Waals surface area contributed by atoms with Gasteiger partial charge in [-0.3, -0.25) is 4.79 Å². The average Bonchev–Trinajstić information content (AvgIpc) is 3.33. The summed E-state index contributed by atoms with van der Waals surface area (Å²) in [7, 11) is 0. The Morgan fingerprint density at radius 3 is 2.68 bits per heavy atom. The Kier molecular flexibility index (Phi) is 9.87. The summed E-state index contributed by atoms with van der Waals surface area (Å²) in [6.07, 6.45) is 6.94. The molecule has 1 aliphatic rings. The number of nitrogens with zero attached hydrogens (tertiary/aromatic N) is 2. The monoisotopic (exact) mass is 525 g/mol. The number of hydrogen-bond donors (Lipinski definition) is 1. The number of aryl methyl sites for hydroxylation is 2. The number of aromatic amines is 1. The van der Waals surface area contributed by atoms with Crippen molar-refractivity contribution in [2.75, 3.05) is 26.2 Å². The highest BCUT2D eigenvalue weighted by Crippen LogP contribution is 2.26. The van der Waals surface area contributed by atoms with Gasteiger partial charge in [-0.1, -0.05) is 31.0 Å². The quantitative estimate of drug-likeness (QED) is 0.265. The van der Waals surface area contributed by atoms with Crippen LogP contribution in [0, 0.1) is 18.8 Å². The summed E-state index contributed by atoms with van der Waals surface area (Å²) in [5.74, 6) is 2.32. The van der Waals surface area contributed by atoms with E-state index in [1.165, 1.54) is 36.8 Å². The van der Waals surface area contributed by atoms with Gasteiger partial charge in [-0.15, -0.1) is 0 Å². The lowest BCUT2D eigenvalue weighted by molar-refractivity contribution is -0.147. The maximum Gasteiger partial charge on any atom is 0.308 e. The summed E-state index contributed by atoms with van der Waals surface area (Å²) in [5.41, 5.74) is 4.74. The molecule has 0 radical (unpaired) electrons. The van der Waals surface area contributed by atoms with E-state index in [2.05, 4.69) is 28.9 Å². The van der Waals surface area contributed by atoms with Gasteiger partial charge in [-0.2, -0.15) is 0 Å². The maximum atomic E-state index is 11.8. The van der Waals surface area contributed by atoms with E-state index >= 15 is 0 Å². The zero-order chi connectivity index (χ0) is 26.2. The second-order valence-electron chi connectivity index (χ2n) is 10.3. The molecule has 1 N–H and O–H groups in total. The van der Waals surface area contributed by atoms with Gasteiger partial charge in [0.15, 0.2) is 0 Å². The number of H-pyrrole nitrogens is 1. The highest BCUT2D eigenvalue weighted by Gasteiger charge is 2.21. The van der Waals surface area contributed by atoms with Crippen LogP contribution >= 0.6 is 11.6 Å². The number of esters is 1. The molecule has 0 bridgehead atoms. The molecule has 0 saturated carbocycles. The molecule has 2 heterocycles. The first-order valence-electron chi connectivity index (χ1n) is 13.7. The number of piperidine rings is 1. The van der Waals surface area contributed by atoms with Crippen LogP contribution in [0.15, 0.2) is 36.4 Å². The van der Waals surface area contributed by atoms with E-state index in [-0.39, 0.29) is 11.9 Å². The molecule has 1 unspecified atom stereocenters. The van der Waals surface area contributed by atoms with Crippen molar-refractivity contribution in [3.05, 3.63) is 58.4 Å². The number of nitrogens with one attached hydrogen (secondary N) is 1. The van der Waals surface area contributed by atoms with Crippen LogP contribution in [-0.4, -0.2) is 47.1 Å². The van der Waals surface area contributed by atoms with Crippen molar-refractivity contribution in [2.24, 2.45) is 11.8 Å². The fraction of sp³-hybridized carbons (Fsp3) is 0.533. The highest BCUT2D eigenvalue weighted by atomic mass is 35.5. The molecular weight excluding hydrogens is 486 g/mol. The molecule has 1 saturated heterocycles. The van der Waals surface area contributed by atoms with E-state index in [0.717, 1.165) is 61.0 Å². The SMILES string of the molecule is CCOC(=O)C(C)CCN1CCC(CCCc2ccc3[nH]c(COc4ccc(Cl)cc4)nc3c2C)CC1. The minimum atomic E-state index is -0.0665. The summed E-state index contributed by atoms with van der Waals surface area (Å²) in [6, 6.07) is 11.8. The third-order valence-corrected chi connectivity index (χ3v) is 7.84. The number of imidazole rings is 1. The Labute approximate surface area is 225 Å². The number of aromatic nitrogens is 2. The summed E-state index contributed by atoms with van der Waals surface area (Å²) >= 11 is 5.95. The van der Waals surface area contributed by atoms with Gasteiger partial charge in [-0.05, 0) is 113 Å². The summed E-state index contributed by atoms with van der Waals surface area (Å²) < 4.78 is 11.0. The van der Waals surface area contributed by atoms with Crippen LogP contribution in [-0.2, 0) is 22.6 Å². The van der Waals surface area contributed by atoms with E-state index in [4.69, 9.17) is 26.1 Å². The normalized spacial score (nSPS) is 15.7. The molecule has 200 valence electrons. The molecule has 3 aromatic rings. The second kappa shape index (κ2) is 13.3. The van der Waals surface area contributed by atoms with Crippen LogP contribution in [0.4, 0.5) is 0 Å². The van der Waals surface area contributed by atoms with E-state index in [1.54, 1.807) is 0 Å². The molecule has 1 aliphatic heterocycles. The summed E-state index contributed by atoms with van der Waals surface area (Å²) in [6.45, 7) is 10.1. The van der Waals surface area contributed by atoms with Crippen molar-refractivity contribution >= 4 is 28.6 Å². The molecule has 0 spiro atoms. The van der Waals surface area contributed by atoms with Gasteiger partial charge in [0.05, 0.1) is 23.6 Å². The third kappa shape index (κ3) is 7.71. The molecule has 4 rings (SSSR count). The zero-order valence-corrected chi connectivity index (χ0v) is 23.2. The lowest BCUT2D eigenvalue weighted by Crippen LogP contribution is -2.35. The van der Waals surface area contributed by atoms with Crippen LogP contribution in [0.3, 0.4) is 0 Å². The van der Waals surface area contributed by atoms with Gasteiger partial charge >= 0.3 is 5.97 Å². The fourth-order valence-corrected chi connectivity index (χ4v) is 5.31. The largest absolute Gasteiger partial charge is 0.486 e. The van der Waals surface area contributed by atoms with Crippen LogP contribution in [0.5, 0.6) is 5.75 Å². The lowest BCUT2D eigenvalue weighted by atomic mass is 9.90. The number of benzene rings is 2. The van der Waals surface area contributed by atoms with Crippen LogP contribution < -0.4 is 4.74 Å². The van der Waals surface area contributed by atoms with Crippen molar-refractivity contribution in [3.63, 3.8) is 0 Å². The molecular formula is C30H40ClN3O3. The van der Waals surface area contributed by atoms with Crippen molar-refractivity contribution in [2.45, 2.75) is 65.9 Å². The lowest BCUT2D eigenvalue weighted by Gasteiger charge is -2.32. The first-order valence-corrected chi connectivity index (χ1v) is 14.0. The Hall–Kier alpha value is -2.57. The Morgan fingerprint density at radius 1 is 1.19 bits per heavy atom. The average molecular weight is 526 g/mol. The predicted molar refractivity (Wildman–Crippen MR) is 149 cm³/mol. The number of carbonyl (C=O) groups is 1. The van der Waals surface area contributed by atoms with E-state index in [9.17, 15) is 4.79 Å². The Morgan fingerprint density at radius 2 is 1.95 bits per heavy atom. The smallest absolute Gasteiger partial charge is 0.308 e. The zero-order valence-electron chi connectivity index (χ0n) is 22.4. The van der Waals surface area contributed by atoms with Crippen molar-refractivity contribution in [1.29, 1.82) is 0 Å². The van der Waals surface area contributed by atoms with Crippen molar-refractivity contribution < 1.29 is 14.3 Å². The van der Waals surface area contributed by atoms with E-state index < -0.39 is 0 Å². The first kappa shape index (κ1) is 27.5.